The summed E-state index contributed by atoms with van der Waals surface area (Å²) >= 11 is 0. The van der Waals surface area contributed by atoms with Gasteiger partial charge in [-0.3, -0.25) is 9.53 Å². The van der Waals surface area contributed by atoms with Crippen LogP contribution in [0.15, 0.2) is 0 Å². The highest BCUT2D eigenvalue weighted by Crippen LogP contribution is 2.50. The minimum Gasteiger partial charge on any atom is -0.364 e. The lowest BCUT2D eigenvalue weighted by atomic mass is 10.2. The molecule has 1 atom stereocenters. The van der Waals surface area contributed by atoms with Crippen molar-refractivity contribution in [3.63, 3.8) is 0 Å². The average Bonchev–Trinajstić information content (AvgIpc) is 2.23. The zero-order valence-electron chi connectivity index (χ0n) is 9.92. The molecule has 138 valence electrons. The van der Waals surface area contributed by atoms with Gasteiger partial charge in [-0.15, -0.1) is 13.2 Å². The molecule has 0 aromatic rings. The predicted molar refractivity (Wildman–Crippen MR) is 42.1 cm³/mol. The number of nitrogens with two attached hydrogens (primary N) is 1. The molecule has 16 heteroatoms. The van der Waals surface area contributed by atoms with Crippen LogP contribution in [0.2, 0.25) is 0 Å². The number of hydrogen-bond donors (Lipinski definition) is 1. The molecule has 0 saturated carbocycles. The van der Waals surface area contributed by atoms with Crippen LogP contribution in [0, 0.1) is 0 Å². The summed E-state index contributed by atoms with van der Waals surface area (Å²) in [4.78, 5) is 9.98. The van der Waals surface area contributed by atoms with Crippen LogP contribution in [0.5, 0.6) is 0 Å². The summed E-state index contributed by atoms with van der Waals surface area (Å²) in [5.74, 6) is -16.0. The number of primary amides is 1. The molecule has 23 heavy (non-hydrogen) atoms. The van der Waals surface area contributed by atoms with Gasteiger partial charge in [0.15, 0.2) is 0 Å². The van der Waals surface area contributed by atoms with Crippen LogP contribution in [0.4, 0.5) is 52.7 Å². The van der Waals surface area contributed by atoms with Gasteiger partial charge in [-0.05, 0) is 0 Å². The van der Waals surface area contributed by atoms with E-state index < -0.39 is 42.7 Å². The minimum atomic E-state index is -7.27. The van der Waals surface area contributed by atoms with Crippen LogP contribution >= 0.6 is 0 Å². The lowest BCUT2D eigenvalue weighted by Crippen LogP contribution is -2.60. The van der Waals surface area contributed by atoms with E-state index in [1.165, 1.54) is 4.74 Å². The first-order chi connectivity index (χ1) is 9.78. The predicted octanol–water partition coefficient (Wildman–Crippen LogP) is 2.78. The van der Waals surface area contributed by atoms with Gasteiger partial charge in [-0.1, -0.05) is 0 Å². The Bertz CT molecular complexity index is 446. The Balaban J connectivity index is 5.51. The van der Waals surface area contributed by atoms with Gasteiger partial charge >= 0.3 is 30.4 Å². The van der Waals surface area contributed by atoms with E-state index in [0.29, 0.717) is 0 Å². The van der Waals surface area contributed by atoms with Gasteiger partial charge < -0.3 is 5.73 Å². The molecule has 2 N–H and O–H groups in total. The molecule has 0 fully saturated rings. The second kappa shape index (κ2) is 5.88. The van der Waals surface area contributed by atoms with Crippen molar-refractivity contribution in [3.05, 3.63) is 0 Å². The van der Waals surface area contributed by atoms with Gasteiger partial charge in [0.05, 0.1) is 0 Å². The summed E-state index contributed by atoms with van der Waals surface area (Å²) in [5, 5.41) is 0. The molecule has 1 amide bonds. The van der Waals surface area contributed by atoms with Crippen molar-refractivity contribution in [1.29, 1.82) is 0 Å². The van der Waals surface area contributed by atoms with Crippen molar-refractivity contribution in [2.75, 3.05) is 0 Å². The lowest BCUT2D eigenvalue weighted by molar-refractivity contribution is -0.514. The molecule has 0 aliphatic carbocycles. The van der Waals surface area contributed by atoms with Crippen LogP contribution in [-0.4, -0.2) is 42.7 Å². The van der Waals surface area contributed by atoms with E-state index in [1.807, 2.05) is 4.74 Å². The van der Waals surface area contributed by atoms with Crippen molar-refractivity contribution in [3.8, 4) is 0 Å². The molecule has 1 unspecified atom stereocenters. The third-order valence-electron chi connectivity index (χ3n) is 1.84. The fourth-order valence-corrected chi connectivity index (χ4v) is 0.769. The number of carbonyl (C=O) groups excluding carboxylic acids is 1. The number of amides is 1. The van der Waals surface area contributed by atoms with E-state index in [4.69, 9.17) is 0 Å². The molecule has 0 aliphatic rings. The van der Waals surface area contributed by atoms with Crippen LogP contribution in [0.3, 0.4) is 0 Å². The molecule has 0 rings (SSSR count). The number of alkyl halides is 12. The number of carbonyl (C=O) groups is 1. The highest BCUT2D eigenvalue weighted by molar-refractivity contribution is 5.82. The standard InChI is InChI=1S/C7H3F12NO3/c8-1(3(9,10)2(20)21)22-5(13,14)4(11,12)6(15,16)23-7(17,18)19/h1H,(H2,20,21). The van der Waals surface area contributed by atoms with Gasteiger partial charge in [0, 0.05) is 0 Å². The summed E-state index contributed by atoms with van der Waals surface area (Å²) in [6, 6.07) is 0. The lowest BCUT2D eigenvalue weighted by Gasteiger charge is -2.33. The first kappa shape index (κ1) is 21.6. The Morgan fingerprint density at radius 2 is 1.22 bits per heavy atom. The molecular formula is C7H3F12NO3. The molecule has 0 saturated heterocycles. The van der Waals surface area contributed by atoms with E-state index in [1.54, 1.807) is 0 Å². The Labute approximate surface area is 117 Å². The summed E-state index contributed by atoms with van der Waals surface area (Å²) < 4.78 is 151. The van der Waals surface area contributed by atoms with E-state index >= 15 is 0 Å². The minimum absolute atomic E-state index is 1.45. The van der Waals surface area contributed by atoms with Crippen molar-refractivity contribution in [2.24, 2.45) is 5.73 Å². The second-order valence-electron chi connectivity index (χ2n) is 3.58. The smallest absolute Gasteiger partial charge is 0.364 e. The van der Waals surface area contributed by atoms with Gasteiger partial charge in [-0.2, -0.15) is 35.1 Å². The highest BCUT2D eigenvalue weighted by Gasteiger charge is 2.78. The van der Waals surface area contributed by atoms with Crippen LogP contribution < -0.4 is 5.73 Å². The van der Waals surface area contributed by atoms with E-state index in [-0.39, 0.29) is 0 Å². The van der Waals surface area contributed by atoms with Crippen LogP contribution in [0.1, 0.15) is 0 Å². The summed E-state index contributed by atoms with van der Waals surface area (Å²) in [6.07, 6.45) is -25.5. The summed E-state index contributed by atoms with van der Waals surface area (Å²) in [5.41, 5.74) is 3.81. The number of halogens is 12. The molecule has 0 radical (unpaired) electrons. The fraction of sp³-hybridized carbons (Fsp3) is 0.857. The van der Waals surface area contributed by atoms with Crippen molar-refractivity contribution in [1.82, 2.24) is 0 Å². The third kappa shape index (κ3) is 4.52. The Morgan fingerprint density at radius 1 is 0.826 bits per heavy atom. The van der Waals surface area contributed by atoms with Crippen molar-refractivity contribution >= 4 is 5.91 Å². The highest BCUT2D eigenvalue weighted by atomic mass is 19.4. The van der Waals surface area contributed by atoms with E-state index in [2.05, 4.69) is 5.73 Å². The maximum absolute atomic E-state index is 12.7. The Morgan fingerprint density at radius 3 is 1.52 bits per heavy atom. The van der Waals surface area contributed by atoms with Gasteiger partial charge in [0.25, 0.3) is 12.3 Å². The summed E-state index contributed by atoms with van der Waals surface area (Å²) in [6.45, 7) is 0. The zero-order valence-corrected chi connectivity index (χ0v) is 9.92. The van der Waals surface area contributed by atoms with E-state index in [0.717, 1.165) is 0 Å². The average molecular weight is 377 g/mol. The molecule has 0 spiro atoms. The molecule has 0 aromatic heterocycles. The number of rotatable bonds is 7. The summed E-state index contributed by atoms with van der Waals surface area (Å²) in [7, 11) is 0. The fourth-order valence-electron chi connectivity index (χ4n) is 0.769. The topological polar surface area (TPSA) is 61.6 Å². The Hall–Kier alpha value is -1.45. The third-order valence-corrected chi connectivity index (χ3v) is 1.84. The monoisotopic (exact) mass is 377 g/mol. The second-order valence-corrected chi connectivity index (χ2v) is 3.58. The first-order valence-corrected chi connectivity index (χ1v) is 4.68. The normalized spacial score (nSPS) is 16.3. The molecular weight excluding hydrogens is 374 g/mol. The quantitative estimate of drug-likeness (QED) is 0.695. The van der Waals surface area contributed by atoms with Gasteiger partial charge in [0.2, 0.25) is 0 Å². The number of hydrogen-bond acceptors (Lipinski definition) is 3. The molecule has 0 aliphatic heterocycles. The van der Waals surface area contributed by atoms with Crippen molar-refractivity contribution in [2.45, 2.75) is 36.8 Å². The van der Waals surface area contributed by atoms with Crippen LogP contribution in [0.25, 0.3) is 0 Å². The molecule has 0 aromatic carbocycles. The first-order valence-electron chi connectivity index (χ1n) is 4.68. The van der Waals surface area contributed by atoms with Gasteiger partial charge in [0.1, 0.15) is 0 Å². The van der Waals surface area contributed by atoms with Crippen LogP contribution in [-0.2, 0) is 14.3 Å². The molecule has 0 bridgehead atoms. The largest absolute Gasteiger partial charge is 0.527 e. The molecule has 4 nitrogen and oxygen atoms in total. The maximum atomic E-state index is 12.7. The molecule has 0 heterocycles. The van der Waals surface area contributed by atoms with E-state index in [9.17, 15) is 57.5 Å². The van der Waals surface area contributed by atoms with Gasteiger partial charge in [-0.25, -0.2) is 9.13 Å². The SMILES string of the molecule is NC(=O)C(F)(F)C(F)OC(F)(F)C(F)(F)C(F)(F)OC(F)(F)F. The zero-order chi connectivity index (χ0) is 19.1. The maximum Gasteiger partial charge on any atom is 0.527 e. The number of ether oxygens (including phenoxy) is 2. The Kier molecular flexibility index (Phi) is 5.51. The van der Waals surface area contributed by atoms with Crippen molar-refractivity contribution < 1.29 is 67.0 Å².